The van der Waals surface area contributed by atoms with E-state index in [9.17, 15) is 9.18 Å². The Labute approximate surface area is 137 Å². The first-order valence-electron chi connectivity index (χ1n) is 6.96. The second kappa shape index (κ2) is 6.26. The second-order valence-corrected chi connectivity index (χ2v) is 5.52. The van der Waals surface area contributed by atoms with Crippen LogP contribution < -0.4 is 5.32 Å². The molecule has 0 aliphatic rings. The lowest BCUT2D eigenvalue weighted by Crippen LogP contribution is -2.11. The molecule has 1 N–H and O–H groups in total. The van der Waals surface area contributed by atoms with E-state index in [0.29, 0.717) is 22.0 Å². The van der Waals surface area contributed by atoms with Crippen molar-refractivity contribution in [2.45, 2.75) is 6.92 Å². The maximum absolute atomic E-state index is 12.9. The van der Waals surface area contributed by atoms with E-state index in [0.717, 1.165) is 5.56 Å². The van der Waals surface area contributed by atoms with Crippen LogP contribution in [0.25, 0.3) is 11.3 Å². The van der Waals surface area contributed by atoms with Gasteiger partial charge >= 0.3 is 0 Å². The van der Waals surface area contributed by atoms with Crippen LogP contribution in [0.3, 0.4) is 0 Å². The quantitative estimate of drug-likeness (QED) is 0.708. The molecule has 0 spiro atoms. The van der Waals surface area contributed by atoms with Crippen LogP contribution in [-0.4, -0.2) is 5.91 Å². The SMILES string of the molecule is Cc1ccc(Cl)cc1NC(=O)c1ccc(-c2ccc(F)cc2)o1. The number of hydrogen-bond donors (Lipinski definition) is 1. The van der Waals surface area contributed by atoms with Crippen LogP contribution in [0.2, 0.25) is 5.02 Å². The minimum Gasteiger partial charge on any atom is -0.451 e. The van der Waals surface area contributed by atoms with Crippen molar-refractivity contribution in [1.29, 1.82) is 0 Å². The zero-order chi connectivity index (χ0) is 16.4. The van der Waals surface area contributed by atoms with E-state index >= 15 is 0 Å². The molecule has 2 aromatic carbocycles. The van der Waals surface area contributed by atoms with E-state index in [2.05, 4.69) is 5.32 Å². The van der Waals surface area contributed by atoms with Crippen LogP contribution in [0.5, 0.6) is 0 Å². The zero-order valence-electron chi connectivity index (χ0n) is 12.3. The molecule has 0 aliphatic carbocycles. The molecule has 0 aliphatic heterocycles. The summed E-state index contributed by atoms with van der Waals surface area (Å²) in [7, 11) is 0. The van der Waals surface area contributed by atoms with Gasteiger partial charge in [0.25, 0.3) is 5.91 Å². The van der Waals surface area contributed by atoms with Crippen LogP contribution in [0.4, 0.5) is 10.1 Å². The molecule has 1 amide bonds. The van der Waals surface area contributed by atoms with E-state index in [4.69, 9.17) is 16.0 Å². The highest BCUT2D eigenvalue weighted by Crippen LogP contribution is 2.24. The number of carbonyl (C=O) groups is 1. The molecule has 1 aromatic heterocycles. The third kappa shape index (κ3) is 3.43. The number of anilines is 1. The normalized spacial score (nSPS) is 10.6. The van der Waals surface area contributed by atoms with Gasteiger partial charge in [-0.15, -0.1) is 0 Å². The van der Waals surface area contributed by atoms with Crippen molar-refractivity contribution in [1.82, 2.24) is 0 Å². The highest BCUT2D eigenvalue weighted by atomic mass is 35.5. The van der Waals surface area contributed by atoms with Gasteiger partial charge in [0.05, 0.1) is 0 Å². The summed E-state index contributed by atoms with van der Waals surface area (Å²) in [5.41, 5.74) is 2.22. The Morgan fingerprint density at radius 3 is 2.57 bits per heavy atom. The predicted molar refractivity (Wildman–Crippen MR) is 88.2 cm³/mol. The number of halogens is 2. The molecular formula is C18H13ClFNO2. The summed E-state index contributed by atoms with van der Waals surface area (Å²) in [4.78, 5) is 12.3. The average molecular weight is 330 g/mol. The maximum Gasteiger partial charge on any atom is 0.291 e. The van der Waals surface area contributed by atoms with Crippen molar-refractivity contribution in [3.8, 4) is 11.3 Å². The minimum atomic E-state index is -0.372. The topological polar surface area (TPSA) is 42.2 Å². The van der Waals surface area contributed by atoms with E-state index in [1.54, 1.807) is 36.4 Å². The zero-order valence-corrected chi connectivity index (χ0v) is 13.0. The summed E-state index contributed by atoms with van der Waals surface area (Å²) >= 11 is 5.94. The monoisotopic (exact) mass is 329 g/mol. The Bertz CT molecular complexity index is 856. The van der Waals surface area contributed by atoms with Gasteiger partial charge in [-0.3, -0.25) is 4.79 Å². The van der Waals surface area contributed by atoms with Crippen LogP contribution in [0, 0.1) is 12.7 Å². The molecule has 0 atom stereocenters. The smallest absolute Gasteiger partial charge is 0.291 e. The van der Waals surface area contributed by atoms with Gasteiger partial charge in [0.1, 0.15) is 11.6 Å². The lowest BCUT2D eigenvalue weighted by molar-refractivity contribution is 0.0997. The number of hydrogen-bond acceptors (Lipinski definition) is 2. The number of furan rings is 1. The maximum atomic E-state index is 12.9. The largest absolute Gasteiger partial charge is 0.451 e. The number of aryl methyl sites for hydroxylation is 1. The van der Waals surface area contributed by atoms with Crippen molar-refractivity contribution in [3.05, 3.63) is 76.8 Å². The van der Waals surface area contributed by atoms with Crippen LogP contribution >= 0.6 is 11.6 Å². The van der Waals surface area contributed by atoms with Gasteiger partial charge in [-0.1, -0.05) is 17.7 Å². The first kappa shape index (κ1) is 15.3. The summed E-state index contributed by atoms with van der Waals surface area (Å²) in [6.45, 7) is 1.87. The fourth-order valence-electron chi connectivity index (χ4n) is 2.14. The molecule has 0 fully saturated rings. The van der Waals surface area contributed by atoms with Crippen LogP contribution in [0.1, 0.15) is 16.1 Å². The van der Waals surface area contributed by atoms with E-state index < -0.39 is 0 Å². The van der Waals surface area contributed by atoms with E-state index in [1.165, 1.54) is 12.1 Å². The fourth-order valence-corrected chi connectivity index (χ4v) is 2.31. The van der Waals surface area contributed by atoms with Gasteiger partial charge in [-0.2, -0.15) is 0 Å². The summed E-state index contributed by atoms with van der Waals surface area (Å²) in [6.07, 6.45) is 0. The van der Waals surface area contributed by atoms with E-state index in [1.807, 2.05) is 13.0 Å². The van der Waals surface area contributed by atoms with Gasteiger partial charge in [-0.25, -0.2) is 4.39 Å². The summed E-state index contributed by atoms with van der Waals surface area (Å²) in [5.74, 6) is -0.0277. The Balaban J connectivity index is 1.81. The molecule has 116 valence electrons. The molecule has 5 heteroatoms. The molecule has 1 heterocycles. The number of rotatable bonds is 3. The highest BCUT2D eigenvalue weighted by molar-refractivity contribution is 6.31. The standard InChI is InChI=1S/C18H13ClFNO2/c1-11-2-5-13(19)10-15(11)21-18(22)17-9-8-16(23-17)12-3-6-14(20)7-4-12/h2-10H,1H3,(H,21,22). The van der Waals surface area contributed by atoms with Crippen molar-refractivity contribution >= 4 is 23.2 Å². The average Bonchev–Trinajstić information content (AvgIpc) is 3.02. The Morgan fingerprint density at radius 1 is 1.09 bits per heavy atom. The molecule has 0 bridgehead atoms. The van der Waals surface area contributed by atoms with Crippen molar-refractivity contribution in [2.24, 2.45) is 0 Å². The van der Waals surface area contributed by atoms with Crippen molar-refractivity contribution in [3.63, 3.8) is 0 Å². The first-order valence-corrected chi connectivity index (χ1v) is 7.34. The first-order chi connectivity index (χ1) is 11.0. The lowest BCUT2D eigenvalue weighted by Gasteiger charge is -2.07. The van der Waals surface area contributed by atoms with Gasteiger partial charge in [-0.05, 0) is 61.0 Å². The van der Waals surface area contributed by atoms with Gasteiger partial charge in [0.15, 0.2) is 5.76 Å². The molecule has 0 saturated carbocycles. The van der Waals surface area contributed by atoms with Crippen molar-refractivity contribution < 1.29 is 13.6 Å². The molecule has 23 heavy (non-hydrogen) atoms. The lowest BCUT2D eigenvalue weighted by atomic mass is 10.2. The summed E-state index contributed by atoms with van der Waals surface area (Å²) < 4.78 is 18.5. The fraction of sp³-hybridized carbons (Fsp3) is 0.0556. The highest BCUT2D eigenvalue weighted by Gasteiger charge is 2.13. The minimum absolute atomic E-state index is 0.170. The van der Waals surface area contributed by atoms with Crippen LogP contribution in [0.15, 0.2) is 59.0 Å². The van der Waals surface area contributed by atoms with Gasteiger partial charge in [0, 0.05) is 16.3 Å². The number of carbonyl (C=O) groups excluding carboxylic acids is 1. The van der Waals surface area contributed by atoms with Crippen LogP contribution in [-0.2, 0) is 0 Å². The Kier molecular flexibility index (Phi) is 4.17. The summed E-state index contributed by atoms with van der Waals surface area (Å²) in [6, 6.07) is 14.4. The van der Waals surface area contributed by atoms with Crippen molar-refractivity contribution in [2.75, 3.05) is 5.32 Å². The predicted octanol–water partition coefficient (Wildman–Crippen LogP) is 5.30. The number of benzene rings is 2. The third-order valence-corrected chi connectivity index (χ3v) is 3.64. The second-order valence-electron chi connectivity index (χ2n) is 5.08. The van der Waals surface area contributed by atoms with E-state index in [-0.39, 0.29) is 17.5 Å². The molecule has 0 unspecified atom stereocenters. The summed E-state index contributed by atoms with van der Waals surface area (Å²) in [5, 5.41) is 3.30. The third-order valence-electron chi connectivity index (χ3n) is 3.41. The molecule has 3 nitrogen and oxygen atoms in total. The molecule has 3 rings (SSSR count). The van der Waals surface area contributed by atoms with Gasteiger partial charge in [0.2, 0.25) is 0 Å². The van der Waals surface area contributed by atoms with Gasteiger partial charge < -0.3 is 9.73 Å². The Hall–Kier alpha value is -2.59. The molecular weight excluding hydrogens is 317 g/mol. The number of amides is 1. The molecule has 3 aromatic rings. The molecule has 0 radical (unpaired) electrons. The Morgan fingerprint density at radius 2 is 1.83 bits per heavy atom. The number of nitrogens with one attached hydrogen (secondary N) is 1. The molecule has 0 saturated heterocycles.